The molecule has 1 N–H and O–H groups in total. The number of nitrogens with zero attached hydrogens (tertiary/aromatic N) is 6. The molecule has 0 aliphatic heterocycles. The third-order valence-corrected chi connectivity index (χ3v) is 3.67. The highest BCUT2D eigenvalue weighted by atomic mass is 15.3. The highest BCUT2D eigenvalue weighted by molar-refractivity contribution is 6.01. The van der Waals surface area contributed by atoms with E-state index >= 15 is 0 Å². The van der Waals surface area contributed by atoms with Crippen LogP contribution in [0.5, 0.6) is 0 Å². The molecule has 0 unspecified atom stereocenters. The van der Waals surface area contributed by atoms with Crippen molar-refractivity contribution in [2.75, 3.05) is 0 Å². The maximum Gasteiger partial charge on any atom is 0.139 e. The first-order chi connectivity index (χ1) is 10.9. The van der Waals surface area contributed by atoms with Gasteiger partial charge in [0.1, 0.15) is 17.5 Å². The minimum Gasteiger partial charge on any atom is -0.346 e. The van der Waals surface area contributed by atoms with Crippen molar-refractivity contribution in [3.05, 3.63) is 37.2 Å². The molecule has 0 bridgehead atoms. The number of pyridine rings is 1. The summed E-state index contributed by atoms with van der Waals surface area (Å²) in [5.41, 5.74) is 3.66. The van der Waals surface area contributed by atoms with Crippen LogP contribution in [0.3, 0.4) is 0 Å². The van der Waals surface area contributed by atoms with Gasteiger partial charge in [0.25, 0.3) is 0 Å². The third kappa shape index (κ3) is 1.93. The van der Waals surface area contributed by atoms with E-state index < -0.39 is 0 Å². The molecule has 0 aliphatic carbocycles. The summed E-state index contributed by atoms with van der Waals surface area (Å²) in [6.45, 7) is 0.737. The molecule has 0 spiro atoms. The standard InChI is InChI=1S/C15H13N7/c16-4-1-2-6-21-9-11(7-20-21)22-10-19-13-8-18-15-12(14(13)22)3-5-17-15/h3,5,7-10H,1-2,6H2,(H,17,18). The highest BCUT2D eigenvalue weighted by Gasteiger charge is 2.11. The predicted molar refractivity (Wildman–Crippen MR) is 81.4 cm³/mol. The van der Waals surface area contributed by atoms with Crippen LogP contribution in [0.2, 0.25) is 0 Å². The van der Waals surface area contributed by atoms with Crippen molar-refractivity contribution in [3.63, 3.8) is 0 Å². The van der Waals surface area contributed by atoms with E-state index in [9.17, 15) is 0 Å². The van der Waals surface area contributed by atoms with Gasteiger partial charge in [-0.2, -0.15) is 10.4 Å². The lowest BCUT2D eigenvalue weighted by molar-refractivity contribution is 0.585. The number of aromatic amines is 1. The van der Waals surface area contributed by atoms with Crippen LogP contribution in [0.4, 0.5) is 0 Å². The lowest BCUT2D eigenvalue weighted by Crippen LogP contribution is -1.97. The zero-order chi connectivity index (χ0) is 14.9. The van der Waals surface area contributed by atoms with Gasteiger partial charge in [0, 0.05) is 30.7 Å². The average molecular weight is 291 g/mol. The van der Waals surface area contributed by atoms with Crippen LogP contribution in [-0.4, -0.2) is 29.3 Å². The van der Waals surface area contributed by atoms with Gasteiger partial charge >= 0.3 is 0 Å². The zero-order valence-corrected chi connectivity index (χ0v) is 11.8. The van der Waals surface area contributed by atoms with Crippen LogP contribution in [0, 0.1) is 11.3 Å². The van der Waals surface area contributed by atoms with Gasteiger partial charge in [-0.05, 0) is 12.5 Å². The summed E-state index contributed by atoms with van der Waals surface area (Å²) >= 11 is 0. The first kappa shape index (κ1) is 12.6. The van der Waals surface area contributed by atoms with Crippen LogP contribution < -0.4 is 0 Å². The van der Waals surface area contributed by atoms with E-state index in [4.69, 9.17) is 5.26 Å². The molecule has 4 rings (SSSR count). The SMILES string of the molecule is N#CCCCn1cc(-n2cnc3cnc4[nH]ccc4c32)cn1. The Kier molecular flexibility index (Phi) is 2.86. The van der Waals surface area contributed by atoms with E-state index in [2.05, 4.69) is 26.1 Å². The molecule has 0 atom stereocenters. The molecule has 0 radical (unpaired) electrons. The number of hydrogen-bond donors (Lipinski definition) is 1. The summed E-state index contributed by atoms with van der Waals surface area (Å²) in [7, 11) is 0. The Hall–Kier alpha value is -3.14. The number of unbranched alkanes of at least 4 members (excludes halogenated alkanes) is 1. The first-order valence-electron chi connectivity index (χ1n) is 7.06. The van der Waals surface area contributed by atoms with Gasteiger partial charge in [0.15, 0.2) is 0 Å². The maximum absolute atomic E-state index is 8.60. The molecule has 0 fully saturated rings. The van der Waals surface area contributed by atoms with E-state index in [-0.39, 0.29) is 0 Å². The van der Waals surface area contributed by atoms with E-state index in [1.54, 1.807) is 12.5 Å². The number of imidazole rings is 1. The lowest BCUT2D eigenvalue weighted by Gasteiger charge is -2.01. The molecule has 0 aliphatic rings. The topological polar surface area (TPSA) is 88.1 Å². The second kappa shape index (κ2) is 5.00. The molecule has 4 heterocycles. The van der Waals surface area contributed by atoms with Crippen LogP contribution in [-0.2, 0) is 6.54 Å². The fraction of sp³-hybridized carbons (Fsp3) is 0.200. The van der Waals surface area contributed by atoms with E-state index in [0.29, 0.717) is 6.42 Å². The Morgan fingerprint density at radius 1 is 1.27 bits per heavy atom. The Morgan fingerprint density at radius 3 is 3.14 bits per heavy atom. The molecule has 4 aromatic heterocycles. The Balaban J connectivity index is 1.78. The number of aryl methyl sites for hydroxylation is 1. The summed E-state index contributed by atoms with van der Waals surface area (Å²) in [6, 6.07) is 4.15. The van der Waals surface area contributed by atoms with Crippen molar-refractivity contribution in [1.82, 2.24) is 29.3 Å². The predicted octanol–water partition coefficient (Wildman–Crippen LogP) is 2.40. The second-order valence-corrected chi connectivity index (χ2v) is 5.07. The third-order valence-electron chi connectivity index (χ3n) is 3.67. The van der Waals surface area contributed by atoms with Crippen LogP contribution in [0.25, 0.3) is 27.8 Å². The molecule has 108 valence electrons. The maximum atomic E-state index is 8.60. The second-order valence-electron chi connectivity index (χ2n) is 5.07. The number of rotatable bonds is 4. The average Bonchev–Trinajstić information content (AvgIpc) is 3.25. The summed E-state index contributed by atoms with van der Waals surface area (Å²) in [6.07, 6.45) is 10.5. The van der Waals surface area contributed by atoms with Crippen LogP contribution >= 0.6 is 0 Å². The van der Waals surface area contributed by atoms with Gasteiger partial charge in [-0.1, -0.05) is 0 Å². The van der Waals surface area contributed by atoms with Gasteiger partial charge in [-0.3, -0.25) is 9.25 Å². The fourth-order valence-corrected chi connectivity index (χ4v) is 2.62. The monoisotopic (exact) mass is 291 g/mol. The van der Waals surface area contributed by atoms with Crippen LogP contribution in [0.15, 0.2) is 37.2 Å². The normalized spacial score (nSPS) is 11.2. The number of fused-ring (bicyclic) bond motifs is 3. The number of nitriles is 1. The molecule has 0 saturated carbocycles. The van der Waals surface area contributed by atoms with E-state index in [1.165, 1.54) is 0 Å². The first-order valence-corrected chi connectivity index (χ1v) is 7.06. The molecule has 4 aromatic rings. The minimum absolute atomic E-state index is 0.541. The smallest absolute Gasteiger partial charge is 0.139 e. The van der Waals surface area contributed by atoms with Gasteiger partial charge in [-0.15, -0.1) is 0 Å². The minimum atomic E-state index is 0.541. The quantitative estimate of drug-likeness (QED) is 0.585. The molecule has 22 heavy (non-hydrogen) atoms. The molecule has 7 heteroatoms. The van der Waals surface area contributed by atoms with E-state index in [1.807, 2.05) is 33.9 Å². The van der Waals surface area contributed by atoms with Crippen molar-refractivity contribution < 1.29 is 0 Å². The Labute approximate surface area is 125 Å². The van der Waals surface area contributed by atoms with Gasteiger partial charge < -0.3 is 4.98 Å². The summed E-state index contributed by atoms with van der Waals surface area (Å²) in [4.78, 5) is 11.9. The van der Waals surface area contributed by atoms with Crippen LogP contribution in [0.1, 0.15) is 12.8 Å². The van der Waals surface area contributed by atoms with Gasteiger partial charge in [0.05, 0.1) is 29.7 Å². The zero-order valence-electron chi connectivity index (χ0n) is 11.8. The summed E-state index contributed by atoms with van der Waals surface area (Å²) in [5.74, 6) is 0. The Morgan fingerprint density at radius 2 is 2.23 bits per heavy atom. The number of aromatic nitrogens is 6. The van der Waals surface area contributed by atoms with Crippen molar-refractivity contribution in [2.24, 2.45) is 0 Å². The van der Waals surface area contributed by atoms with Crippen molar-refractivity contribution >= 4 is 22.1 Å². The summed E-state index contributed by atoms with van der Waals surface area (Å²) in [5, 5.41) is 14.0. The van der Waals surface area contributed by atoms with Crippen molar-refractivity contribution in [3.8, 4) is 11.8 Å². The molecule has 0 aromatic carbocycles. The molecular weight excluding hydrogens is 278 g/mol. The van der Waals surface area contributed by atoms with Crippen molar-refractivity contribution in [2.45, 2.75) is 19.4 Å². The fourth-order valence-electron chi connectivity index (χ4n) is 2.62. The number of H-pyrrole nitrogens is 1. The van der Waals surface area contributed by atoms with E-state index in [0.717, 1.165) is 40.7 Å². The molecule has 0 amide bonds. The highest BCUT2D eigenvalue weighted by Crippen LogP contribution is 2.24. The number of nitrogens with one attached hydrogen (secondary N) is 1. The van der Waals surface area contributed by atoms with Crippen molar-refractivity contribution in [1.29, 1.82) is 5.26 Å². The van der Waals surface area contributed by atoms with Gasteiger partial charge in [-0.25, -0.2) is 9.97 Å². The lowest BCUT2D eigenvalue weighted by atomic mass is 10.3. The number of hydrogen-bond acceptors (Lipinski definition) is 4. The van der Waals surface area contributed by atoms with Gasteiger partial charge in [0.2, 0.25) is 0 Å². The summed E-state index contributed by atoms with van der Waals surface area (Å²) < 4.78 is 3.87. The molecule has 0 saturated heterocycles. The molecule has 7 nitrogen and oxygen atoms in total. The largest absolute Gasteiger partial charge is 0.346 e. The Bertz CT molecular complexity index is 982. The molecular formula is C15H13N7.